The monoisotopic (exact) mass is 473 g/mol. The average Bonchev–Trinajstić information content (AvgIpc) is 3.26. The van der Waals surface area contributed by atoms with Crippen molar-refractivity contribution in [2.45, 2.75) is 89.2 Å². The summed E-state index contributed by atoms with van der Waals surface area (Å²) in [4.78, 5) is 29.4. The molecule has 2 aromatic heterocycles. The molecule has 1 aliphatic heterocycles. The number of imidazole rings is 1. The van der Waals surface area contributed by atoms with Crippen LogP contribution >= 0.6 is 7.60 Å². The summed E-state index contributed by atoms with van der Waals surface area (Å²) in [6.07, 6.45) is 1.91. The van der Waals surface area contributed by atoms with Crippen LogP contribution < -0.4 is 10.1 Å². The summed E-state index contributed by atoms with van der Waals surface area (Å²) in [5, 5.41) is 19.5. The quantitative estimate of drug-likeness (QED) is 0.316. The maximum atomic E-state index is 12.9. The Morgan fingerprint density at radius 1 is 1.38 bits per heavy atom. The molecule has 0 saturated carbocycles. The van der Waals surface area contributed by atoms with Gasteiger partial charge in [0.1, 0.15) is 6.10 Å². The van der Waals surface area contributed by atoms with E-state index >= 15 is 0 Å². The van der Waals surface area contributed by atoms with Crippen molar-refractivity contribution >= 4 is 18.8 Å². The molecule has 3 rings (SSSR count). The first kappa shape index (κ1) is 25.0. The van der Waals surface area contributed by atoms with Crippen molar-refractivity contribution in [2.75, 3.05) is 0 Å². The van der Waals surface area contributed by atoms with Crippen molar-refractivity contribution in [1.82, 2.24) is 14.5 Å². The highest BCUT2D eigenvalue weighted by Crippen LogP contribution is 2.60. The van der Waals surface area contributed by atoms with Gasteiger partial charge >= 0.3 is 13.2 Å². The summed E-state index contributed by atoms with van der Waals surface area (Å²) < 4.78 is 27.9. The molecule has 3 heterocycles. The van der Waals surface area contributed by atoms with Gasteiger partial charge in [-0.15, -0.1) is 0 Å². The van der Waals surface area contributed by atoms with Gasteiger partial charge in [0, 0.05) is 12.8 Å². The smallest absolute Gasteiger partial charge is 0.359 e. The lowest BCUT2D eigenvalue weighted by atomic mass is 9.94. The van der Waals surface area contributed by atoms with E-state index in [1.165, 1.54) is 6.33 Å². The Kier molecular flexibility index (Phi) is 7.01. The van der Waals surface area contributed by atoms with Crippen LogP contribution in [-0.2, 0) is 20.9 Å². The number of fused-ring (bicyclic) bond motifs is 1. The largest absolute Gasteiger partial charge is 0.387 e. The molecule has 4 N–H and O–H groups in total. The molecule has 0 spiro atoms. The van der Waals surface area contributed by atoms with Crippen LogP contribution in [0.3, 0.4) is 0 Å². The first-order valence-electron chi connectivity index (χ1n) is 10.9. The summed E-state index contributed by atoms with van der Waals surface area (Å²) in [5.41, 5.74) is -0.620. The predicted molar refractivity (Wildman–Crippen MR) is 116 cm³/mol. The van der Waals surface area contributed by atoms with Gasteiger partial charge < -0.3 is 24.4 Å². The van der Waals surface area contributed by atoms with E-state index in [1.54, 1.807) is 43.3 Å². The first-order valence-corrected chi connectivity index (χ1v) is 12.5. The summed E-state index contributed by atoms with van der Waals surface area (Å²) in [5.74, 6) is 0. The molecular weight excluding hydrogens is 439 g/mol. The predicted octanol–water partition coefficient (Wildman–Crippen LogP) is 1.47. The van der Waals surface area contributed by atoms with E-state index in [-0.39, 0.29) is 31.2 Å². The van der Waals surface area contributed by atoms with Gasteiger partial charge in [0.05, 0.1) is 18.8 Å². The van der Waals surface area contributed by atoms with Crippen molar-refractivity contribution in [2.24, 2.45) is 7.05 Å². The third kappa shape index (κ3) is 4.42. The molecule has 11 nitrogen and oxygen atoms in total. The lowest BCUT2D eigenvalue weighted by Gasteiger charge is -2.38. The Hall–Kier alpha value is -1.62. The molecule has 0 amide bonds. The summed E-state index contributed by atoms with van der Waals surface area (Å²) >= 11 is 0. The SMILES string of the molecule is CCC(C)(CC1CC(O)C([n+]2cn(C)c3c(=O)[nH]cnc32)O1)OP(=O)(O)C(O)(CC)CC. The molecule has 1 saturated heterocycles. The van der Waals surface area contributed by atoms with E-state index in [1.807, 2.05) is 6.92 Å². The second-order valence-electron chi connectivity index (χ2n) is 8.80. The first-order chi connectivity index (χ1) is 14.9. The molecule has 5 unspecified atom stereocenters. The Morgan fingerprint density at radius 2 is 2.03 bits per heavy atom. The highest BCUT2D eigenvalue weighted by molar-refractivity contribution is 7.54. The van der Waals surface area contributed by atoms with Gasteiger partial charge in [-0.05, 0) is 26.2 Å². The maximum absolute atomic E-state index is 12.9. The van der Waals surface area contributed by atoms with E-state index in [9.17, 15) is 24.5 Å². The maximum Gasteiger partial charge on any atom is 0.359 e. The van der Waals surface area contributed by atoms with Gasteiger partial charge in [0.25, 0.3) is 5.56 Å². The zero-order valence-electron chi connectivity index (χ0n) is 19.2. The number of aromatic nitrogens is 4. The molecule has 0 bridgehead atoms. The molecule has 2 aromatic rings. The number of aliphatic hydroxyl groups excluding tert-OH is 1. The molecular formula is C20H34N4O7P+. The van der Waals surface area contributed by atoms with Crippen molar-refractivity contribution < 1.29 is 33.5 Å². The number of hydrogen-bond acceptors (Lipinski definition) is 7. The molecule has 5 atom stereocenters. The number of aryl methyl sites for hydroxylation is 1. The number of rotatable bonds is 9. The fourth-order valence-electron chi connectivity index (χ4n) is 4.25. The fourth-order valence-corrected chi connectivity index (χ4v) is 6.02. The topological polar surface area (TPSA) is 151 Å². The summed E-state index contributed by atoms with van der Waals surface area (Å²) in [7, 11) is -2.65. The number of nitrogens with one attached hydrogen (secondary N) is 1. The van der Waals surface area contributed by atoms with E-state index in [0.717, 1.165) is 0 Å². The molecule has 32 heavy (non-hydrogen) atoms. The number of H-pyrrole nitrogens is 1. The van der Waals surface area contributed by atoms with Gasteiger partial charge in [-0.1, -0.05) is 25.8 Å². The molecule has 0 aromatic carbocycles. The lowest BCUT2D eigenvalue weighted by molar-refractivity contribution is -0.745. The number of nitrogens with zero attached hydrogens (tertiary/aromatic N) is 3. The summed E-state index contributed by atoms with van der Waals surface area (Å²) in [6.45, 7) is 6.81. The highest BCUT2D eigenvalue weighted by Gasteiger charge is 2.50. The molecule has 12 heteroatoms. The van der Waals surface area contributed by atoms with Crippen LogP contribution in [0.4, 0.5) is 0 Å². The lowest BCUT2D eigenvalue weighted by Crippen LogP contribution is -2.44. The van der Waals surface area contributed by atoms with Crippen molar-refractivity contribution in [3.05, 3.63) is 23.0 Å². The second kappa shape index (κ2) is 8.96. The van der Waals surface area contributed by atoms with E-state index < -0.39 is 37.0 Å². The Labute approximate surface area is 186 Å². The second-order valence-corrected chi connectivity index (χ2v) is 10.9. The Balaban J connectivity index is 1.82. The molecule has 1 fully saturated rings. The van der Waals surface area contributed by atoms with Gasteiger partial charge in [-0.2, -0.15) is 0 Å². The Bertz CT molecular complexity index is 1070. The standard InChI is InChI=1S/C20H33N4O7P/c1-6-19(4,31-32(28,29)20(27,7-2)8-3)10-13-9-14(25)18(30-13)24-12-23(5)15-16(24)21-11-22-17(15)26/h11-14,18,25,27H,6-10H2,1-5H3,(H-,21,22,26,28,29)/p+1. The normalized spacial score (nSPS) is 25.7. The minimum Gasteiger partial charge on any atom is -0.387 e. The van der Waals surface area contributed by atoms with E-state index in [2.05, 4.69) is 9.97 Å². The number of ether oxygens (including phenoxy) is 1. The number of aromatic amines is 1. The van der Waals surface area contributed by atoms with Gasteiger partial charge in [-0.3, -0.25) is 18.9 Å². The van der Waals surface area contributed by atoms with E-state index in [4.69, 9.17) is 9.26 Å². The van der Waals surface area contributed by atoms with Gasteiger partial charge in [0.15, 0.2) is 18.0 Å². The van der Waals surface area contributed by atoms with Crippen LogP contribution in [-0.4, -0.2) is 52.8 Å². The third-order valence-electron chi connectivity index (χ3n) is 6.55. The fraction of sp³-hybridized carbons (Fsp3) is 0.750. The van der Waals surface area contributed by atoms with Crippen molar-refractivity contribution in [1.29, 1.82) is 0 Å². The van der Waals surface area contributed by atoms with Crippen LogP contribution in [0.1, 0.15) is 66.0 Å². The minimum absolute atomic E-state index is 0.0850. The zero-order valence-corrected chi connectivity index (χ0v) is 20.1. The van der Waals surface area contributed by atoms with Crippen molar-refractivity contribution in [3.8, 4) is 0 Å². The highest BCUT2D eigenvalue weighted by atomic mass is 31.2. The third-order valence-corrected chi connectivity index (χ3v) is 8.93. The molecule has 180 valence electrons. The minimum atomic E-state index is -4.35. The van der Waals surface area contributed by atoms with Crippen LogP contribution in [0.2, 0.25) is 0 Å². The van der Waals surface area contributed by atoms with E-state index in [0.29, 0.717) is 17.6 Å². The van der Waals surface area contributed by atoms with Crippen molar-refractivity contribution in [3.63, 3.8) is 0 Å². The van der Waals surface area contributed by atoms with Gasteiger partial charge in [0.2, 0.25) is 11.7 Å². The molecule has 1 aliphatic rings. The molecule has 0 aliphatic carbocycles. The van der Waals surface area contributed by atoms with Gasteiger partial charge in [-0.25, -0.2) is 4.57 Å². The van der Waals surface area contributed by atoms with Crippen LogP contribution in [0.25, 0.3) is 11.2 Å². The average molecular weight is 473 g/mol. The van der Waals surface area contributed by atoms with Crippen LogP contribution in [0, 0.1) is 0 Å². The zero-order chi connectivity index (χ0) is 23.9. The van der Waals surface area contributed by atoms with Crippen LogP contribution in [0.5, 0.6) is 0 Å². The molecule has 0 radical (unpaired) electrons. The summed E-state index contributed by atoms with van der Waals surface area (Å²) in [6, 6.07) is 0. The number of hydrogen-bond donors (Lipinski definition) is 4. The van der Waals surface area contributed by atoms with Crippen LogP contribution in [0.15, 0.2) is 17.4 Å². The Morgan fingerprint density at radius 3 is 2.62 bits per heavy atom. The number of aliphatic hydroxyl groups is 2.